The maximum Gasteiger partial charge on any atom is 0.227 e. The Morgan fingerprint density at radius 2 is 2.30 bits per heavy atom. The summed E-state index contributed by atoms with van der Waals surface area (Å²) in [5.41, 5.74) is 0. The van der Waals surface area contributed by atoms with Crippen LogP contribution in [-0.4, -0.2) is 46.2 Å². The van der Waals surface area contributed by atoms with Gasteiger partial charge in [-0.2, -0.15) is 0 Å². The molecule has 2 aromatic rings. The summed E-state index contributed by atoms with van der Waals surface area (Å²) in [5.74, 6) is 0.670. The minimum atomic E-state index is -0.688. The van der Waals surface area contributed by atoms with E-state index in [1.807, 2.05) is 23.6 Å². The topological polar surface area (TPSA) is 62.7 Å². The Morgan fingerprint density at radius 1 is 1.43 bits per heavy atom. The van der Waals surface area contributed by atoms with Crippen LogP contribution in [0.4, 0.5) is 0 Å². The van der Waals surface area contributed by atoms with Crippen molar-refractivity contribution in [1.82, 2.24) is 9.88 Å². The maximum absolute atomic E-state index is 12.4. The molecular weight excluding hydrogens is 312 g/mol. The zero-order valence-electron chi connectivity index (χ0n) is 13.0. The molecule has 0 aliphatic heterocycles. The average molecular weight is 332 g/mol. The summed E-state index contributed by atoms with van der Waals surface area (Å²) in [7, 11) is 1.76. The predicted octanol–water partition coefficient (Wildman–Crippen LogP) is 2.11. The number of hydrogen-bond acceptors (Lipinski definition) is 5. The maximum atomic E-state index is 12.4. The summed E-state index contributed by atoms with van der Waals surface area (Å²) in [6.07, 6.45) is 4.15. The van der Waals surface area contributed by atoms with Gasteiger partial charge in [-0.25, -0.2) is 0 Å². The van der Waals surface area contributed by atoms with Crippen LogP contribution in [0, 0.1) is 0 Å². The monoisotopic (exact) mass is 332 g/mol. The van der Waals surface area contributed by atoms with Gasteiger partial charge in [-0.15, -0.1) is 11.3 Å². The third-order valence-corrected chi connectivity index (χ3v) is 5.12. The molecule has 2 heterocycles. The number of carbonyl (C=O) groups is 1. The van der Waals surface area contributed by atoms with E-state index in [4.69, 9.17) is 4.74 Å². The lowest BCUT2D eigenvalue weighted by Gasteiger charge is -2.28. The van der Waals surface area contributed by atoms with Gasteiger partial charge in [-0.3, -0.25) is 9.78 Å². The second-order valence-electron chi connectivity index (χ2n) is 5.74. The van der Waals surface area contributed by atoms with Gasteiger partial charge < -0.3 is 14.7 Å². The first kappa shape index (κ1) is 16.0. The number of likely N-dealkylation sites (N-methyl/N-ethyl adjacent to an activating group) is 1. The predicted molar refractivity (Wildman–Crippen MR) is 88.5 cm³/mol. The molecule has 0 unspecified atom stereocenters. The molecule has 3 atom stereocenters. The molecule has 1 amide bonds. The van der Waals surface area contributed by atoms with Crippen molar-refractivity contribution in [1.29, 1.82) is 0 Å². The number of aromatic nitrogens is 1. The largest absolute Gasteiger partial charge is 0.486 e. The van der Waals surface area contributed by atoms with E-state index in [1.165, 1.54) is 0 Å². The van der Waals surface area contributed by atoms with E-state index in [0.717, 1.165) is 17.7 Å². The highest BCUT2D eigenvalue weighted by molar-refractivity contribution is 7.10. The van der Waals surface area contributed by atoms with Gasteiger partial charge in [0.2, 0.25) is 5.91 Å². The summed E-state index contributed by atoms with van der Waals surface area (Å²) in [6.45, 7) is 0. The Hall–Kier alpha value is -1.92. The Balaban J connectivity index is 1.59. The van der Waals surface area contributed by atoms with E-state index in [2.05, 4.69) is 4.98 Å². The van der Waals surface area contributed by atoms with Gasteiger partial charge in [0.25, 0.3) is 0 Å². The Kier molecular flexibility index (Phi) is 4.93. The van der Waals surface area contributed by atoms with E-state index < -0.39 is 6.10 Å². The van der Waals surface area contributed by atoms with Crippen LogP contribution in [0.3, 0.4) is 0 Å². The minimum absolute atomic E-state index is 0.0264. The van der Waals surface area contributed by atoms with E-state index in [-0.39, 0.29) is 18.1 Å². The fraction of sp³-hybridized carbons (Fsp3) is 0.412. The molecule has 2 aromatic heterocycles. The zero-order valence-corrected chi connectivity index (χ0v) is 13.8. The van der Waals surface area contributed by atoms with Crippen molar-refractivity contribution in [3.8, 4) is 5.75 Å². The number of pyridine rings is 1. The van der Waals surface area contributed by atoms with Crippen molar-refractivity contribution < 1.29 is 14.6 Å². The molecule has 1 saturated carbocycles. The molecule has 1 fully saturated rings. The summed E-state index contributed by atoms with van der Waals surface area (Å²) in [4.78, 5) is 19.1. The number of nitrogens with zero attached hydrogens (tertiary/aromatic N) is 2. The molecule has 5 nitrogen and oxygen atoms in total. The smallest absolute Gasteiger partial charge is 0.227 e. The highest BCUT2D eigenvalue weighted by Gasteiger charge is 2.40. The van der Waals surface area contributed by atoms with Gasteiger partial charge in [0.1, 0.15) is 18.0 Å². The van der Waals surface area contributed by atoms with Crippen LogP contribution in [0.25, 0.3) is 0 Å². The number of hydrogen-bond donors (Lipinski definition) is 1. The number of aliphatic hydroxyl groups is 1. The molecule has 122 valence electrons. The molecule has 0 aromatic carbocycles. The second kappa shape index (κ2) is 7.10. The number of carbonyl (C=O) groups excluding carboxylic acids is 1. The SMILES string of the molecule is CN(C(=O)Cc1cccs1)[C@@H]1CC[C@@H](Oc2cccnc2)[C@@H]1O. The Labute approximate surface area is 139 Å². The van der Waals surface area contributed by atoms with Gasteiger partial charge in [0.05, 0.1) is 18.7 Å². The van der Waals surface area contributed by atoms with Gasteiger partial charge in [0, 0.05) is 18.1 Å². The molecule has 6 heteroatoms. The first-order valence-electron chi connectivity index (χ1n) is 7.68. The Bertz CT molecular complexity index is 633. The van der Waals surface area contributed by atoms with Crippen LogP contribution >= 0.6 is 11.3 Å². The van der Waals surface area contributed by atoms with E-state index in [0.29, 0.717) is 12.2 Å². The molecule has 23 heavy (non-hydrogen) atoms. The summed E-state index contributed by atoms with van der Waals surface area (Å²) in [5, 5.41) is 12.5. The zero-order chi connectivity index (χ0) is 16.2. The summed E-state index contributed by atoms with van der Waals surface area (Å²) in [6, 6.07) is 7.30. The van der Waals surface area contributed by atoms with Crippen LogP contribution in [0.15, 0.2) is 42.0 Å². The first-order chi connectivity index (χ1) is 11.1. The van der Waals surface area contributed by atoms with Gasteiger partial charge >= 0.3 is 0 Å². The first-order valence-corrected chi connectivity index (χ1v) is 8.56. The molecule has 3 rings (SSSR count). The van der Waals surface area contributed by atoms with Crippen LogP contribution in [0.2, 0.25) is 0 Å². The normalized spacial score (nSPS) is 23.7. The third-order valence-electron chi connectivity index (χ3n) is 4.24. The summed E-state index contributed by atoms with van der Waals surface area (Å²) >= 11 is 1.57. The standard InChI is InChI=1S/C17H20N2O3S/c1-19(16(20)10-13-5-3-9-23-13)14-6-7-15(17(14)21)22-12-4-2-8-18-11-12/h2-5,8-9,11,14-15,17,21H,6-7,10H2,1H3/t14-,15-,17-/m1/s1. The number of ether oxygens (including phenoxy) is 1. The number of rotatable bonds is 5. The van der Waals surface area contributed by atoms with Crippen LogP contribution in [0.1, 0.15) is 17.7 Å². The minimum Gasteiger partial charge on any atom is -0.486 e. The lowest BCUT2D eigenvalue weighted by atomic mass is 10.1. The molecule has 0 bridgehead atoms. The molecule has 1 aliphatic carbocycles. The molecular formula is C17H20N2O3S. The second-order valence-corrected chi connectivity index (χ2v) is 6.77. The summed E-state index contributed by atoms with van der Waals surface area (Å²) < 4.78 is 5.81. The molecule has 1 N–H and O–H groups in total. The lowest BCUT2D eigenvalue weighted by Crippen LogP contribution is -2.45. The van der Waals surface area contributed by atoms with Crippen molar-refractivity contribution in [2.24, 2.45) is 0 Å². The van der Waals surface area contributed by atoms with Crippen LogP contribution in [0.5, 0.6) is 5.75 Å². The fourth-order valence-corrected chi connectivity index (χ4v) is 3.64. The average Bonchev–Trinajstić information content (AvgIpc) is 3.19. The van der Waals surface area contributed by atoms with Gasteiger partial charge in [-0.1, -0.05) is 6.07 Å². The molecule has 0 spiro atoms. The van der Waals surface area contributed by atoms with Crippen molar-refractivity contribution >= 4 is 17.2 Å². The molecule has 0 saturated heterocycles. The van der Waals surface area contributed by atoms with E-state index in [1.54, 1.807) is 41.7 Å². The highest BCUT2D eigenvalue weighted by Crippen LogP contribution is 2.28. The van der Waals surface area contributed by atoms with Crippen LogP contribution < -0.4 is 4.74 Å². The lowest BCUT2D eigenvalue weighted by molar-refractivity contribution is -0.133. The van der Waals surface area contributed by atoms with Gasteiger partial charge in [0.15, 0.2) is 0 Å². The molecule has 0 radical (unpaired) electrons. The van der Waals surface area contributed by atoms with Crippen LogP contribution in [-0.2, 0) is 11.2 Å². The van der Waals surface area contributed by atoms with Crippen molar-refractivity contribution in [3.05, 3.63) is 46.9 Å². The van der Waals surface area contributed by atoms with E-state index in [9.17, 15) is 9.90 Å². The van der Waals surface area contributed by atoms with E-state index >= 15 is 0 Å². The van der Waals surface area contributed by atoms with Gasteiger partial charge in [-0.05, 0) is 36.4 Å². The third kappa shape index (κ3) is 3.71. The van der Waals surface area contributed by atoms with Crippen molar-refractivity contribution in [3.63, 3.8) is 0 Å². The van der Waals surface area contributed by atoms with Crippen molar-refractivity contribution in [2.45, 2.75) is 37.5 Å². The number of thiophene rings is 1. The Morgan fingerprint density at radius 3 is 3.00 bits per heavy atom. The molecule has 1 aliphatic rings. The highest BCUT2D eigenvalue weighted by atomic mass is 32.1. The quantitative estimate of drug-likeness (QED) is 0.911. The number of amides is 1. The number of aliphatic hydroxyl groups excluding tert-OH is 1. The fourth-order valence-electron chi connectivity index (χ4n) is 2.94. The van der Waals surface area contributed by atoms with Crippen molar-refractivity contribution in [2.75, 3.05) is 7.05 Å².